The first-order chi connectivity index (χ1) is 14.8. The summed E-state index contributed by atoms with van der Waals surface area (Å²) in [6, 6.07) is 7.74. The van der Waals surface area contributed by atoms with Crippen LogP contribution in [0, 0.1) is 13.8 Å². The number of methoxy groups -OCH3 is 1. The van der Waals surface area contributed by atoms with Crippen molar-refractivity contribution in [2.24, 2.45) is 0 Å². The second-order valence-corrected chi connectivity index (χ2v) is 9.92. The molecule has 1 aliphatic heterocycles. The summed E-state index contributed by atoms with van der Waals surface area (Å²) >= 11 is 6.46. The first kappa shape index (κ1) is 22.0. The van der Waals surface area contributed by atoms with Crippen molar-refractivity contribution in [3.05, 3.63) is 46.4 Å². The molecule has 0 bridgehead atoms. The van der Waals surface area contributed by atoms with Gasteiger partial charge in [-0.2, -0.15) is 4.31 Å². The molecular weight excluding hydrogens is 440 g/mol. The molecule has 31 heavy (non-hydrogen) atoms. The normalized spacial score (nSPS) is 16.5. The molecule has 1 saturated heterocycles. The standard InChI is InChI=1S/C21H25ClN4O4S/c1-14-20(15(2)30-24-14)31(27,28)26-8-4-7-25(9-10-26)13-17-11-16-5-6-18(29-3)12-19(16)23-21(17)22/h5-6,11-12H,4,7-10,13H2,1-3H3. The van der Waals surface area contributed by atoms with Gasteiger partial charge >= 0.3 is 0 Å². The van der Waals surface area contributed by atoms with Gasteiger partial charge in [-0.1, -0.05) is 16.8 Å². The number of nitrogens with zero attached hydrogens (tertiary/aromatic N) is 4. The van der Waals surface area contributed by atoms with Crippen molar-refractivity contribution < 1.29 is 17.7 Å². The third-order valence-electron chi connectivity index (χ3n) is 5.56. The molecule has 0 aliphatic carbocycles. The first-order valence-electron chi connectivity index (χ1n) is 10.1. The van der Waals surface area contributed by atoms with E-state index in [1.807, 2.05) is 24.3 Å². The Hall–Kier alpha value is -2.20. The zero-order chi connectivity index (χ0) is 22.2. The zero-order valence-corrected chi connectivity index (χ0v) is 19.3. The number of hydrogen-bond acceptors (Lipinski definition) is 7. The summed E-state index contributed by atoms with van der Waals surface area (Å²) in [5.74, 6) is 1.06. The van der Waals surface area contributed by atoms with Crippen LogP contribution in [0.15, 0.2) is 33.7 Å². The minimum atomic E-state index is -3.64. The average molecular weight is 465 g/mol. The number of fused-ring (bicyclic) bond motifs is 1. The Labute approximate surface area is 186 Å². The lowest BCUT2D eigenvalue weighted by Crippen LogP contribution is -2.35. The molecule has 0 unspecified atom stereocenters. The van der Waals surface area contributed by atoms with Crippen LogP contribution in [-0.4, -0.2) is 61.1 Å². The number of pyridine rings is 1. The molecule has 2 aromatic heterocycles. The fourth-order valence-corrected chi connectivity index (χ4v) is 5.93. The molecule has 4 rings (SSSR count). The maximum atomic E-state index is 13.1. The van der Waals surface area contributed by atoms with E-state index in [0.717, 1.165) is 35.2 Å². The van der Waals surface area contributed by atoms with Crippen molar-refractivity contribution in [3.63, 3.8) is 0 Å². The molecule has 1 aromatic carbocycles. The van der Waals surface area contributed by atoms with Gasteiger partial charge in [0.05, 0.1) is 12.6 Å². The van der Waals surface area contributed by atoms with Gasteiger partial charge in [0.25, 0.3) is 0 Å². The predicted octanol–water partition coefficient (Wildman–Crippen LogP) is 3.40. The molecule has 3 aromatic rings. The van der Waals surface area contributed by atoms with Crippen molar-refractivity contribution in [2.45, 2.75) is 31.7 Å². The first-order valence-corrected chi connectivity index (χ1v) is 11.9. The summed E-state index contributed by atoms with van der Waals surface area (Å²) in [6.07, 6.45) is 0.721. The molecular formula is C21H25ClN4O4S. The summed E-state index contributed by atoms with van der Waals surface area (Å²) in [7, 11) is -2.03. The van der Waals surface area contributed by atoms with E-state index in [0.29, 0.717) is 42.8 Å². The van der Waals surface area contributed by atoms with Crippen LogP contribution in [0.5, 0.6) is 5.75 Å². The summed E-state index contributed by atoms with van der Waals surface area (Å²) in [4.78, 5) is 6.90. The van der Waals surface area contributed by atoms with E-state index in [4.69, 9.17) is 20.9 Å². The summed E-state index contributed by atoms with van der Waals surface area (Å²) in [5, 5.41) is 5.23. The van der Waals surface area contributed by atoms with Crippen LogP contribution in [0.4, 0.5) is 0 Å². The van der Waals surface area contributed by atoms with Crippen molar-refractivity contribution in [1.29, 1.82) is 0 Å². The van der Waals surface area contributed by atoms with E-state index in [9.17, 15) is 8.42 Å². The lowest BCUT2D eigenvalue weighted by atomic mass is 10.1. The van der Waals surface area contributed by atoms with Gasteiger partial charge in [-0.3, -0.25) is 4.90 Å². The smallest absolute Gasteiger partial charge is 0.248 e. The average Bonchev–Trinajstić information content (AvgIpc) is 2.93. The molecule has 0 atom stereocenters. The third kappa shape index (κ3) is 4.41. The monoisotopic (exact) mass is 464 g/mol. The SMILES string of the molecule is COc1ccc2cc(CN3CCCN(S(=O)(=O)c4c(C)noc4C)CC3)c(Cl)nc2c1. The van der Waals surface area contributed by atoms with Gasteiger partial charge in [-0.15, -0.1) is 0 Å². The lowest BCUT2D eigenvalue weighted by molar-refractivity contribution is 0.278. The van der Waals surface area contributed by atoms with Gasteiger partial charge in [0.1, 0.15) is 21.5 Å². The molecule has 10 heteroatoms. The van der Waals surface area contributed by atoms with E-state index < -0.39 is 10.0 Å². The van der Waals surface area contributed by atoms with Gasteiger partial charge in [0.15, 0.2) is 5.76 Å². The Morgan fingerprint density at radius 3 is 2.68 bits per heavy atom. The lowest BCUT2D eigenvalue weighted by Gasteiger charge is -2.22. The number of sulfonamides is 1. The highest BCUT2D eigenvalue weighted by Gasteiger charge is 2.32. The van der Waals surface area contributed by atoms with Crippen LogP contribution in [0.2, 0.25) is 5.15 Å². The zero-order valence-electron chi connectivity index (χ0n) is 17.8. The van der Waals surface area contributed by atoms with Gasteiger partial charge in [-0.05, 0) is 45.0 Å². The van der Waals surface area contributed by atoms with E-state index in [-0.39, 0.29) is 4.90 Å². The van der Waals surface area contributed by atoms with Crippen LogP contribution < -0.4 is 4.74 Å². The van der Waals surface area contributed by atoms with E-state index in [1.165, 1.54) is 4.31 Å². The van der Waals surface area contributed by atoms with Crippen LogP contribution in [0.3, 0.4) is 0 Å². The second-order valence-electron chi connectivity index (χ2n) is 7.68. The number of benzene rings is 1. The van der Waals surface area contributed by atoms with Crippen molar-refractivity contribution in [2.75, 3.05) is 33.3 Å². The maximum absolute atomic E-state index is 13.1. The summed E-state index contributed by atoms with van der Waals surface area (Å²) in [5.41, 5.74) is 2.09. The van der Waals surface area contributed by atoms with Crippen molar-refractivity contribution >= 4 is 32.5 Å². The molecule has 0 amide bonds. The molecule has 0 spiro atoms. The fourth-order valence-electron chi connectivity index (χ4n) is 3.96. The van der Waals surface area contributed by atoms with Gasteiger partial charge < -0.3 is 9.26 Å². The van der Waals surface area contributed by atoms with Gasteiger partial charge in [0, 0.05) is 43.2 Å². The Kier molecular flexibility index (Phi) is 6.20. The molecule has 0 N–H and O–H groups in total. The van der Waals surface area contributed by atoms with Crippen molar-refractivity contribution in [3.8, 4) is 5.75 Å². The quantitative estimate of drug-likeness (QED) is 0.534. The number of hydrogen-bond donors (Lipinski definition) is 0. The minimum Gasteiger partial charge on any atom is -0.497 e. The van der Waals surface area contributed by atoms with E-state index in [2.05, 4.69) is 15.0 Å². The fraction of sp³-hybridized carbons (Fsp3) is 0.429. The Balaban J connectivity index is 1.50. The molecule has 0 saturated carbocycles. The Bertz CT molecular complexity index is 1190. The van der Waals surface area contributed by atoms with Crippen LogP contribution in [-0.2, 0) is 16.6 Å². The number of rotatable bonds is 5. The van der Waals surface area contributed by atoms with Gasteiger partial charge in [0.2, 0.25) is 10.0 Å². The highest BCUT2D eigenvalue weighted by Crippen LogP contribution is 2.27. The largest absolute Gasteiger partial charge is 0.497 e. The van der Waals surface area contributed by atoms with E-state index >= 15 is 0 Å². The number of aryl methyl sites for hydroxylation is 2. The Morgan fingerprint density at radius 1 is 1.16 bits per heavy atom. The molecule has 0 radical (unpaired) electrons. The predicted molar refractivity (Wildman–Crippen MR) is 118 cm³/mol. The number of aromatic nitrogens is 2. The number of halogens is 1. The second kappa shape index (κ2) is 8.74. The third-order valence-corrected chi connectivity index (χ3v) is 8.03. The highest BCUT2D eigenvalue weighted by atomic mass is 35.5. The molecule has 8 nitrogen and oxygen atoms in total. The van der Waals surface area contributed by atoms with Crippen LogP contribution in [0.25, 0.3) is 10.9 Å². The van der Waals surface area contributed by atoms with Crippen molar-refractivity contribution in [1.82, 2.24) is 19.3 Å². The molecule has 1 fully saturated rings. The molecule has 1 aliphatic rings. The highest BCUT2D eigenvalue weighted by molar-refractivity contribution is 7.89. The molecule has 166 valence electrons. The van der Waals surface area contributed by atoms with E-state index in [1.54, 1.807) is 21.0 Å². The maximum Gasteiger partial charge on any atom is 0.248 e. The minimum absolute atomic E-state index is 0.179. The van der Waals surface area contributed by atoms with Crippen LogP contribution in [0.1, 0.15) is 23.4 Å². The Morgan fingerprint density at radius 2 is 1.97 bits per heavy atom. The molecule has 3 heterocycles. The number of ether oxygens (including phenoxy) is 1. The summed E-state index contributed by atoms with van der Waals surface area (Å²) < 4.78 is 38.1. The summed E-state index contributed by atoms with van der Waals surface area (Å²) in [6.45, 7) is 6.09. The topological polar surface area (TPSA) is 88.8 Å². The van der Waals surface area contributed by atoms with Gasteiger partial charge in [-0.25, -0.2) is 13.4 Å². The van der Waals surface area contributed by atoms with Crippen LogP contribution >= 0.6 is 11.6 Å².